The van der Waals surface area contributed by atoms with Gasteiger partial charge in [0, 0.05) is 23.2 Å². The maximum absolute atomic E-state index is 12.8. The molecule has 7 nitrogen and oxygen atoms in total. The molecule has 1 N–H and O–H groups in total. The zero-order valence-corrected chi connectivity index (χ0v) is 16.1. The van der Waals surface area contributed by atoms with Gasteiger partial charge in [-0.05, 0) is 50.2 Å². The van der Waals surface area contributed by atoms with Crippen LogP contribution < -0.4 is 5.32 Å². The number of aromatic nitrogens is 4. The molecule has 0 aliphatic carbocycles. The van der Waals surface area contributed by atoms with Crippen molar-refractivity contribution >= 4 is 23.3 Å². The van der Waals surface area contributed by atoms with Crippen LogP contribution in [0.1, 0.15) is 30.4 Å². The fourth-order valence-corrected chi connectivity index (χ4v) is 3.00. The molecule has 1 amide bonds. The smallest absolute Gasteiger partial charge is 0.277 e. The first-order chi connectivity index (χ1) is 13.5. The van der Waals surface area contributed by atoms with Crippen LogP contribution in [0.15, 0.2) is 65.4 Å². The predicted octanol–water partition coefficient (Wildman–Crippen LogP) is 4.82. The lowest BCUT2D eigenvalue weighted by Gasteiger charge is -2.10. The Bertz CT molecular complexity index is 1090. The van der Waals surface area contributed by atoms with Crippen LogP contribution in [-0.4, -0.2) is 25.5 Å². The lowest BCUT2D eigenvalue weighted by Crippen LogP contribution is -2.17. The highest BCUT2D eigenvalue weighted by Gasteiger charge is 2.19. The number of nitrogens with one attached hydrogen (secondary N) is 1. The van der Waals surface area contributed by atoms with Gasteiger partial charge in [0.15, 0.2) is 11.5 Å². The van der Waals surface area contributed by atoms with Crippen molar-refractivity contribution in [2.75, 3.05) is 5.32 Å². The molecular formula is C20H18ClN5O2. The molecule has 0 fully saturated rings. The first kappa shape index (κ1) is 18.1. The van der Waals surface area contributed by atoms with Crippen molar-refractivity contribution in [2.24, 2.45) is 0 Å². The van der Waals surface area contributed by atoms with Gasteiger partial charge in [0.2, 0.25) is 0 Å². The Morgan fingerprint density at radius 3 is 2.64 bits per heavy atom. The zero-order chi connectivity index (χ0) is 19.7. The Hall–Kier alpha value is -3.32. The first-order valence-electron chi connectivity index (χ1n) is 8.77. The molecule has 0 saturated carbocycles. The van der Waals surface area contributed by atoms with Crippen molar-refractivity contribution < 1.29 is 9.21 Å². The molecule has 0 aliphatic heterocycles. The summed E-state index contributed by atoms with van der Waals surface area (Å²) in [6.45, 7) is 3.99. The minimum Gasteiger partial charge on any atom is -0.463 e. The van der Waals surface area contributed by atoms with Gasteiger partial charge in [-0.25, -0.2) is 9.36 Å². The number of furan rings is 1. The summed E-state index contributed by atoms with van der Waals surface area (Å²) in [5, 5.41) is 12.2. The lowest BCUT2D eigenvalue weighted by molar-refractivity contribution is 0.102. The largest absolute Gasteiger partial charge is 0.463 e. The molecule has 4 rings (SSSR count). The Balaban J connectivity index is 1.72. The number of rotatable bonds is 5. The van der Waals surface area contributed by atoms with Crippen LogP contribution in [0.2, 0.25) is 5.02 Å². The summed E-state index contributed by atoms with van der Waals surface area (Å²) in [6, 6.07) is 14.4. The summed E-state index contributed by atoms with van der Waals surface area (Å²) in [5.74, 6) is 0.886. The number of carbonyl (C=O) groups is 1. The molecule has 0 saturated heterocycles. The predicted molar refractivity (Wildman–Crippen MR) is 107 cm³/mol. The molecule has 0 radical (unpaired) electrons. The normalized spacial score (nSPS) is 11.1. The molecule has 28 heavy (non-hydrogen) atoms. The fraction of sp³-hybridized carbons (Fsp3) is 0.150. The lowest BCUT2D eigenvalue weighted by atomic mass is 10.2. The molecule has 8 heteroatoms. The SMILES string of the molecule is CC(C)n1nccc1NC(=O)c1cc(-c2ccco2)n(-c2ccc(Cl)cc2)n1. The van der Waals surface area contributed by atoms with E-state index in [2.05, 4.69) is 15.5 Å². The van der Waals surface area contributed by atoms with Crippen molar-refractivity contribution in [2.45, 2.75) is 19.9 Å². The van der Waals surface area contributed by atoms with Crippen LogP contribution in [0.4, 0.5) is 5.82 Å². The van der Waals surface area contributed by atoms with Crippen LogP contribution in [-0.2, 0) is 0 Å². The maximum Gasteiger partial charge on any atom is 0.277 e. The van der Waals surface area contributed by atoms with Gasteiger partial charge in [-0.3, -0.25) is 4.79 Å². The van der Waals surface area contributed by atoms with E-state index in [-0.39, 0.29) is 17.6 Å². The molecule has 3 heterocycles. The molecular weight excluding hydrogens is 378 g/mol. The molecule has 0 unspecified atom stereocenters. The van der Waals surface area contributed by atoms with Crippen LogP contribution >= 0.6 is 11.6 Å². The van der Waals surface area contributed by atoms with Gasteiger partial charge in [-0.15, -0.1) is 0 Å². The van der Waals surface area contributed by atoms with Gasteiger partial charge in [0.25, 0.3) is 5.91 Å². The highest BCUT2D eigenvalue weighted by molar-refractivity contribution is 6.30. The summed E-state index contributed by atoms with van der Waals surface area (Å²) in [5.41, 5.74) is 1.69. The molecule has 0 atom stereocenters. The van der Waals surface area contributed by atoms with Crippen molar-refractivity contribution in [1.82, 2.24) is 19.6 Å². The number of anilines is 1. The van der Waals surface area contributed by atoms with Gasteiger partial charge < -0.3 is 9.73 Å². The second kappa shape index (κ2) is 7.36. The Morgan fingerprint density at radius 1 is 1.18 bits per heavy atom. The minimum atomic E-state index is -0.331. The Kier molecular flexibility index (Phi) is 4.75. The quantitative estimate of drug-likeness (QED) is 0.525. The third-order valence-electron chi connectivity index (χ3n) is 4.19. The topological polar surface area (TPSA) is 77.9 Å². The van der Waals surface area contributed by atoms with Crippen molar-refractivity contribution in [3.8, 4) is 17.1 Å². The average Bonchev–Trinajstić information content (AvgIpc) is 3.42. The summed E-state index contributed by atoms with van der Waals surface area (Å²) < 4.78 is 8.92. The molecule has 3 aromatic heterocycles. The fourth-order valence-electron chi connectivity index (χ4n) is 2.88. The molecule has 0 aliphatic rings. The van der Waals surface area contributed by atoms with E-state index in [9.17, 15) is 4.79 Å². The second-order valence-electron chi connectivity index (χ2n) is 6.49. The summed E-state index contributed by atoms with van der Waals surface area (Å²) in [7, 11) is 0. The highest BCUT2D eigenvalue weighted by Crippen LogP contribution is 2.26. The Morgan fingerprint density at radius 2 is 1.96 bits per heavy atom. The monoisotopic (exact) mass is 395 g/mol. The van der Waals surface area contributed by atoms with Gasteiger partial charge >= 0.3 is 0 Å². The number of halogens is 1. The van der Waals surface area contributed by atoms with Crippen LogP contribution in [0.25, 0.3) is 17.1 Å². The standard InChI is InChI=1S/C20H18ClN5O2/c1-13(2)25-19(9-10-22-25)23-20(27)16-12-17(18-4-3-11-28-18)26(24-16)15-7-5-14(21)6-8-15/h3-13H,1-2H3,(H,23,27). The third-order valence-corrected chi connectivity index (χ3v) is 4.44. The third kappa shape index (κ3) is 3.44. The van der Waals surface area contributed by atoms with Gasteiger partial charge in [0.05, 0.1) is 18.1 Å². The van der Waals surface area contributed by atoms with Crippen LogP contribution in [0, 0.1) is 0 Å². The van der Waals surface area contributed by atoms with Crippen molar-refractivity contribution in [1.29, 1.82) is 0 Å². The van der Waals surface area contributed by atoms with E-state index < -0.39 is 0 Å². The van der Waals surface area contributed by atoms with E-state index in [4.69, 9.17) is 16.0 Å². The van der Waals surface area contributed by atoms with E-state index in [1.54, 1.807) is 52.2 Å². The van der Waals surface area contributed by atoms with E-state index in [1.165, 1.54) is 0 Å². The number of carbonyl (C=O) groups excluding carboxylic acids is 1. The molecule has 4 aromatic rings. The Labute approximate surface area is 166 Å². The zero-order valence-electron chi connectivity index (χ0n) is 15.3. The van der Waals surface area contributed by atoms with Gasteiger partial charge in [-0.1, -0.05) is 11.6 Å². The van der Waals surface area contributed by atoms with Crippen molar-refractivity contribution in [3.63, 3.8) is 0 Å². The number of amides is 1. The summed E-state index contributed by atoms with van der Waals surface area (Å²) in [6.07, 6.45) is 3.23. The van der Waals surface area contributed by atoms with Crippen LogP contribution in [0.5, 0.6) is 0 Å². The first-order valence-corrected chi connectivity index (χ1v) is 9.15. The molecule has 0 spiro atoms. The summed E-state index contributed by atoms with van der Waals surface area (Å²) in [4.78, 5) is 12.8. The minimum absolute atomic E-state index is 0.121. The average molecular weight is 396 g/mol. The highest BCUT2D eigenvalue weighted by atomic mass is 35.5. The van der Waals surface area contributed by atoms with E-state index in [0.717, 1.165) is 5.69 Å². The van der Waals surface area contributed by atoms with Crippen LogP contribution in [0.3, 0.4) is 0 Å². The van der Waals surface area contributed by atoms with Crippen molar-refractivity contribution in [3.05, 3.63) is 71.7 Å². The molecule has 142 valence electrons. The maximum atomic E-state index is 12.8. The summed E-state index contributed by atoms with van der Waals surface area (Å²) >= 11 is 5.99. The van der Waals surface area contributed by atoms with E-state index in [0.29, 0.717) is 22.3 Å². The number of nitrogens with zero attached hydrogens (tertiary/aromatic N) is 4. The van der Waals surface area contributed by atoms with E-state index in [1.807, 2.05) is 32.0 Å². The molecule has 1 aromatic carbocycles. The molecule has 0 bridgehead atoms. The second-order valence-corrected chi connectivity index (χ2v) is 6.93. The number of hydrogen-bond donors (Lipinski definition) is 1. The van der Waals surface area contributed by atoms with Gasteiger partial charge in [-0.2, -0.15) is 10.2 Å². The van der Waals surface area contributed by atoms with Gasteiger partial charge in [0.1, 0.15) is 11.5 Å². The number of benzene rings is 1. The van der Waals surface area contributed by atoms with E-state index >= 15 is 0 Å². The number of hydrogen-bond acceptors (Lipinski definition) is 4.